The first-order chi connectivity index (χ1) is 15.2. The summed E-state index contributed by atoms with van der Waals surface area (Å²) < 4.78 is 103. The van der Waals surface area contributed by atoms with Crippen LogP contribution in [-0.2, 0) is 22.2 Å². The van der Waals surface area contributed by atoms with Crippen LogP contribution < -0.4 is 5.32 Å². The molecule has 0 saturated heterocycles. The smallest absolute Gasteiger partial charge is 0.349 e. The molecule has 12 heteroatoms. The molecule has 1 aliphatic rings. The molecule has 0 heterocycles. The van der Waals surface area contributed by atoms with Crippen LogP contribution in [-0.4, -0.2) is 25.6 Å². The van der Waals surface area contributed by atoms with E-state index in [2.05, 4.69) is 5.32 Å². The molecule has 1 amide bonds. The Morgan fingerprint density at radius 2 is 1.55 bits per heavy atom. The van der Waals surface area contributed by atoms with E-state index in [1.54, 1.807) is 0 Å². The second kappa shape index (κ2) is 9.17. The number of nitrogens with one attached hydrogen (secondary N) is 1. The maximum atomic E-state index is 13.0. The molecule has 2 aromatic carbocycles. The van der Waals surface area contributed by atoms with E-state index in [-0.39, 0.29) is 31.2 Å². The molecule has 1 fully saturated rings. The van der Waals surface area contributed by atoms with Crippen molar-refractivity contribution in [2.75, 3.05) is 0 Å². The summed E-state index contributed by atoms with van der Waals surface area (Å²) in [5.41, 5.74) is -2.45. The molecule has 0 aliphatic heterocycles. The topological polar surface area (TPSA) is 63.2 Å². The van der Waals surface area contributed by atoms with Crippen LogP contribution in [0, 0.1) is 0 Å². The van der Waals surface area contributed by atoms with Crippen molar-refractivity contribution in [2.24, 2.45) is 0 Å². The van der Waals surface area contributed by atoms with Crippen molar-refractivity contribution in [3.8, 4) is 0 Å². The second-order valence-electron chi connectivity index (χ2n) is 7.71. The van der Waals surface area contributed by atoms with Crippen molar-refractivity contribution >= 4 is 27.3 Å². The Hall–Kier alpha value is -2.27. The Morgan fingerprint density at radius 3 is 2.12 bits per heavy atom. The van der Waals surface area contributed by atoms with Crippen molar-refractivity contribution in [3.63, 3.8) is 0 Å². The minimum Gasteiger partial charge on any atom is -0.349 e. The summed E-state index contributed by atoms with van der Waals surface area (Å²) in [4.78, 5) is 12.0. The molecule has 4 nitrogen and oxygen atoms in total. The van der Waals surface area contributed by atoms with Gasteiger partial charge in [-0.3, -0.25) is 4.79 Å². The standard InChI is InChI=1S/C21H18ClF6NO3S/c22-18-9-4-12(10-17(18)21(26,27)28)19(30)29-14-5-7-15(8-6-14)33(31,32)16-3-1-2-13(11-16)20(23,24)25/h1-4,9-11,14-15H,5-8H2,(H,29,30). The zero-order valence-corrected chi connectivity index (χ0v) is 18.4. The van der Waals surface area contributed by atoms with Crippen LogP contribution in [0.2, 0.25) is 5.02 Å². The van der Waals surface area contributed by atoms with Crippen LogP contribution in [0.1, 0.15) is 47.2 Å². The lowest BCUT2D eigenvalue weighted by molar-refractivity contribution is -0.138. The van der Waals surface area contributed by atoms with Crippen molar-refractivity contribution in [1.82, 2.24) is 5.32 Å². The zero-order valence-electron chi connectivity index (χ0n) is 16.8. The minimum absolute atomic E-state index is 0.0813. The molecule has 0 aromatic heterocycles. The van der Waals surface area contributed by atoms with E-state index in [1.165, 1.54) is 0 Å². The summed E-state index contributed by atoms with van der Waals surface area (Å²) in [7, 11) is -4.03. The molecule has 33 heavy (non-hydrogen) atoms. The molecule has 1 N–H and O–H groups in total. The van der Waals surface area contributed by atoms with E-state index in [0.29, 0.717) is 12.1 Å². The molecule has 1 saturated carbocycles. The van der Waals surface area contributed by atoms with Crippen molar-refractivity contribution in [2.45, 2.75) is 54.2 Å². The number of hydrogen-bond donors (Lipinski definition) is 1. The number of benzene rings is 2. The Bertz CT molecular complexity index is 1140. The van der Waals surface area contributed by atoms with Gasteiger partial charge >= 0.3 is 12.4 Å². The Morgan fingerprint density at radius 1 is 0.909 bits per heavy atom. The van der Waals surface area contributed by atoms with E-state index in [1.807, 2.05) is 0 Å². The van der Waals surface area contributed by atoms with Gasteiger partial charge in [0.05, 0.1) is 26.3 Å². The van der Waals surface area contributed by atoms with E-state index >= 15 is 0 Å². The van der Waals surface area contributed by atoms with Gasteiger partial charge in [-0.2, -0.15) is 26.3 Å². The van der Waals surface area contributed by atoms with E-state index < -0.39 is 60.4 Å². The number of sulfone groups is 1. The van der Waals surface area contributed by atoms with E-state index in [0.717, 1.165) is 30.3 Å². The summed E-state index contributed by atoms with van der Waals surface area (Å²) in [5.74, 6) is -0.763. The SMILES string of the molecule is O=C(NC1CCC(S(=O)(=O)c2cccc(C(F)(F)F)c2)CC1)c1ccc(Cl)c(C(F)(F)F)c1. The largest absolute Gasteiger partial charge is 0.417 e. The summed E-state index contributed by atoms with van der Waals surface area (Å²) in [5, 5.41) is 1.11. The minimum atomic E-state index is -4.73. The predicted molar refractivity (Wildman–Crippen MR) is 109 cm³/mol. The van der Waals surface area contributed by atoms with Gasteiger partial charge in [0.15, 0.2) is 9.84 Å². The van der Waals surface area contributed by atoms with Gasteiger partial charge in [-0.05, 0) is 62.1 Å². The molecule has 0 radical (unpaired) electrons. The lowest BCUT2D eigenvalue weighted by Crippen LogP contribution is -2.40. The number of rotatable bonds is 4. The van der Waals surface area contributed by atoms with Gasteiger partial charge in [-0.15, -0.1) is 0 Å². The number of carbonyl (C=O) groups excluding carboxylic acids is 1. The summed E-state index contributed by atoms with van der Waals surface area (Å²) in [6.07, 6.45) is -8.84. The van der Waals surface area contributed by atoms with Gasteiger partial charge in [0.1, 0.15) is 0 Å². The zero-order chi connectivity index (χ0) is 24.6. The first-order valence-electron chi connectivity index (χ1n) is 9.78. The molecular formula is C21H18ClF6NO3S. The first kappa shape index (κ1) is 25.4. The third kappa shape index (κ3) is 5.81. The molecular weight excluding hydrogens is 496 g/mol. The average molecular weight is 514 g/mol. The van der Waals surface area contributed by atoms with Crippen LogP contribution in [0.3, 0.4) is 0 Å². The van der Waals surface area contributed by atoms with Gasteiger partial charge < -0.3 is 5.32 Å². The van der Waals surface area contributed by atoms with Crippen LogP contribution in [0.15, 0.2) is 47.4 Å². The van der Waals surface area contributed by atoms with Crippen LogP contribution in [0.4, 0.5) is 26.3 Å². The predicted octanol–water partition coefficient (Wildman–Crippen LogP) is 5.89. The molecule has 0 bridgehead atoms. The van der Waals surface area contributed by atoms with Crippen LogP contribution in [0.25, 0.3) is 0 Å². The fourth-order valence-electron chi connectivity index (χ4n) is 3.71. The van der Waals surface area contributed by atoms with Gasteiger partial charge in [0.2, 0.25) is 0 Å². The molecule has 180 valence electrons. The highest BCUT2D eigenvalue weighted by molar-refractivity contribution is 7.92. The van der Waals surface area contributed by atoms with Crippen molar-refractivity contribution in [3.05, 3.63) is 64.2 Å². The number of alkyl halides is 6. The summed E-state index contributed by atoms with van der Waals surface area (Å²) in [6.45, 7) is 0. The normalized spacial score (nSPS) is 19.8. The monoisotopic (exact) mass is 513 g/mol. The fourth-order valence-corrected chi connectivity index (χ4v) is 5.77. The lowest BCUT2D eigenvalue weighted by Gasteiger charge is -2.29. The second-order valence-corrected chi connectivity index (χ2v) is 10.3. The number of amides is 1. The maximum absolute atomic E-state index is 13.0. The molecule has 0 unspecified atom stereocenters. The number of halogens is 7. The van der Waals surface area contributed by atoms with Gasteiger partial charge in [-0.1, -0.05) is 17.7 Å². The number of carbonyl (C=O) groups is 1. The maximum Gasteiger partial charge on any atom is 0.417 e. The van der Waals surface area contributed by atoms with Gasteiger partial charge in [-0.25, -0.2) is 8.42 Å². The van der Waals surface area contributed by atoms with Gasteiger partial charge in [0.25, 0.3) is 5.91 Å². The molecule has 3 rings (SSSR count). The van der Waals surface area contributed by atoms with E-state index in [4.69, 9.17) is 11.6 Å². The third-order valence-corrected chi connectivity index (χ3v) is 8.06. The Labute approximate surface area is 190 Å². The third-order valence-electron chi connectivity index (χ3n) is 5.47. The summed E-state index contributed by atoms with van der Waals surface area (Å²) in [6, 6.07) is 5.79. The summed E-state index contributed by atoms with van der Waals surface area (Å²) >= 11 is 5.55. The van der Waals surface area contributed by atoms with Crippen molar-refractivity contribution in [1.29, 1.82) is 0 Å². The average Bonchev–Trinajstić information content (AvgIpc) is 2.73. The highest BCUT2D eigenvalue weighted by atomic mass is 35.5. The van der Waals surface area contributed by atoms with E-state index in [9.17, 15) is 39.6 Å². The molecule has 0 spiro atoms. The van der Waals surface area contributed by atoms with Crippen LogP contribution in [0.5, 0.6) is 0 Å². The quantitative estimate of drug-likeness (QED) is 0.518. The van der Waals surface area contributed by atoms with Crippen LogP contribution >= 0.6 is 11.6 Å². The Kier molecular flexibility index (Phi) is 7.05. The molecule has 1 aliphatic carbocycles. The van der Waals surface area contributed by atoms with Gasteiger partial charge in [0, 0.05) is 11.6 Å². The molecule has 0 atom stereocenters. The highest BCUT2D eigenvalue weighted by Crippen LogP contribution is 2.36. The highest BCUT2D eigenvalue weighted by Gasteiger charge is 2.36. The Balaban J connectivity index is 1.66. The first-order valence-corrected chi connectivity index (χ1v) is 11.7. The lowest BCUT2D eigenvalue weighted by atomic mass is 9.94. The molecule has 2 aromatic rings. The fraction of sp³-hybridized carbons (Fsp3) is 0.381. The van der Waals surface area contributed by atoms with Crippen molar-refractivity contribution < 1.29 is 39.6 Å². The number of hydrogen-bond acceptors (Lipinski definition) is 3.